The molecule has 6 nitrogen and oxygen atoms in total. The van der Waals surface area contributed by atoms with E-state index >= 15 is 0 Å². The van der Waals surface area contributed by atoms with Crippen molar-refractivity contribution in [3.63, 3.8) is 0 Å². The zero-order chi connectivity index (χ0) is 19.8. The lowest BCUT2D eigenvalue weighted by molar-refractivity contribution is 0.0625. The Morgan fingerprint density at radius 2 is 1.76 bits per heavy atom. The first-order chi connectivity index (χ1) is 14.2. The number of aromatic nitrogens is 4. The first-order valence-corrected chi connectivity index (χ1v) is 10.7. The molecule has 1 amide bonds. The second-order valence-electron chi connectivity index (χ2n) is 8.23. The van der Waals surface area contributed by atoms with Gasteiger partial charge in [0.05, 0.1) is 6.04 Å². The molecule has 0 radical (unpaired) electrons. The second kappa shape index (κ2) is 7.50. The van der Waals surface area contributed by atoms with E-state index in [9.17, 15) is 4.79 Å². The lowest BCUT2D eigenvalue weighted by Gasteiger charge is -2.34. The molecule has 29 heavy (non-hydrogen) atoms. The van der Waals surface area contributed by atoms with Gasteiger partial charge in [0, 0.05) is 31.7 Å². The van der Waals surface area contributed by atoms with Crippen LogP contribution in [-0.2, 0) is 13.1 Å². The normalized spacial score (nSPS) is 19.5. The van der Waals surface area contributed by atoms with E-state index in [0.29, 0.717) is 19.0 Å². The molecule has 5 rings (SSSR count). The van der Waals surface area contributed by atoms with Crippen molar-refractivity contribution in [1.82, 2.24) is 24.2 Å². The molecule has 0 bridgehead atoms. The highest BCUT2D eigenvalue weighted by atomic mass is 16.2. The molecule has 3 heterocycles. The van der Waals surface area contributed by atoms with Crippen LogP contribution >= 0.6 is 0 Å². The fourth-order valence-electron chi connectivity index (χ4n) is 4.84. The summed E-state index contributed by atoms with van der Waals surface area (Å²) in [5.74, 6) is 2.65. The fraction of sp³-hybridized carbons (Fsp3) is 0.435. The van der Waals surface area contributed by atoms with E-state index in [1.54, 1.807) is 0 Å². The minimum Gasteiger partial charge on any atom is -0.339 e. The van der Waals surface area contributed by atoms with Crippen molar-refractivity contribution >= 4 is 5.91 Å². The number of carbonyl (C=O) groups excluding carboxylic acids is 1. The molecule has 1 aromatic carbocycles. The van der Waals surface area contributed by atoms with E-state index in [-0.39, 0.29) is 11.9 Å². The van der Waals surface area contributed by atoms with Crippen LogP contribution in [-0.4, -0.2) is 36.7 Å². The average Bonchev–Trinajstić information content (AvgIpc) is 3.49. The van der Waals surface area contributed by atoms with Crippen LogP contribution in [0.2, 0.25) is 0 Å². The van der Waals surface area contributed by atoms with Crippen LogP contribution in [0.15, 0.2) is 48.7 Å². The third-order valence-electron chi connectivity index (χ3n) is 6.44. The summed E-state index contributed by atoms with van der Waals surface area (Å²) in [4.78, 5) is 15.3. The predicted octanol–water partition coefficient (Wildman–Crippen LogP) is 4.00. The minimum absolute atomic E-state index is 0.0649. The number of fused-ring (bicyclic) bond motifs is 1. The SMILES string of the molecule is CC1c2nnc(C3CCCC3)n2CCN1C(=O)c1cccn1Cc1ccccc1. The maximum Gasteiger partial charge on any atom is 0.271 e. The highest BCUT2D eigenvalue weighted by molar-refractivity contribution is 5.93. The van der Waals surface area contributed by atoms with E-state index in [4.69, 9.17) is 0 Å². The maximum absolute atomic E-state index is 13.4. The first kappa shape index (κ1) is 18.2. The Labute approximate surface area is 171 Å². The number of nitrogens with zero attached hydrogens (tertiary/aromatic N) is 5. The highest BCUT2D eigenvalue weighted by Gasteiger charge is 2.34. The van der Waals surface area contributed by atoms with Gasteiger partial charge in [0.1, 0.15) is 11.5 Å². The van der Waals surface area contributed by atoms with E-state index < -0.39 is 0 Å². The van der Waals surface area contributed by atoms with Crippen molar-refractivity contribution in [3.8, 4) is 0 Å². The summed E-state index contributed by atoms with van der Waals surface area (Å²) >= 11 is 0. The zero-order valence-electron chi connectivity index (χ0n) is 16.9. The Balaban J connectivity index is 1.37. The maximum atomic E-state index is 13.4. The monoisotopic (exact) mass is 389 g/mol. The molecule has 3 aromatic rings. The molecular formula is C23H27N5O. The van der Waals surface area contributed by atoms with E-state index in [2.05, 4.69) is 33.8 Å². The number of rotatable bonds is 4. The summed E-state index contributed by atoms with van der Waals surface area (Å²) in [5.41, 5.74) is 1.91. The molecule has 1 unspecified atom stereocenters. The molecule has 2 aromatic heterocycles. The summed E-state index contributed by atoms with van der Waals surface area (Å²) in [7, 11) is 0. The highest BCUT2D eigenvalue weighted by Crippen LogP contribution is 2.36. The molecule has 1 fully saturated rings. The quantitative estimate of drug-likeness (QED) is 0.678. The van der Waals surface area contributed by atoms with Gasteiger partial charge in [-0.05, 0) is 37.5 Å². The van der Waals surface area contributed by atoms with Gasteiger partial charge in [-0.1, -0.05) is 43.2 Å². The standard InChI is InChI=1S/C23H27N5O/c1-17-21-24-25-22(19-10-5-6-11-19)28(21)15-14-27(17)23(29)20-12-7-13-26(20)16-18-8-3-2-4-9-18/h2-4,7-9,12-13,17,19H,5-6,10-11,14-16H2,1H3. The third kappa shape index (κ3) is 3.26. The van der Waals surface area contributed by atoms with Crippen LogP contribution in [0.1, 0.15) is 72.3 Å². The van der Waals surface area contributed by atoms with Crippen LogP contribution in [0, 0.1) is 0 Å². The molecule has 0 N–H and O–H groups in total. The van der Waals surface area contributed by atoms with E-state index in [1.165, 1.54) is 31.2 Å². The topological polar surface area (TPSA) is 56.0 Å². The van der Waals surface area contributed by atoms with Crippen LogP contribution in [0.4, 0.5) is 0 Å². The van der Waals surface area contributed by atoms with Gasteiger partial charge in [-0.3, -0.25) is 4.79 Å². The van der Waals surface area contributed by atoms with Crippen molar-refractivity contribution in [2.24, 2.45) is 0 Å². The largest absolute Gasteiger partial charge is 0.339 e. The van der Waals surface area contributed by atoms with Crippen molar-refractivity contribution in [2.75, 3.05) is 6.54 Å². The third-order valence-corrected chi connectivity index (χ3v) is 6.44. The number of hydrogen-bond donors (Lipinski definition) is 0. The van der Waals surface area contributed by atoms with Crippen LogP contribution in [0.5, 0.6) is 0 Å². The van der Waals surface area contributed by atoms with Crippen molar-refractivity contribution in [1.29, 1.82) is 0 Å². The first-order valence-electron chi connectivity index (χ1n) is 10.7. The summed E-state index contributed by atoms with van der Waals surface area (Å²) in [6.45, 7) is 4.24. The molecule has 1 aliphatic heterocycles. The molecule has 1 atom stereocenters. The van der Waals surface area contributed by atoms with Gasteiger partial charge in [0.25, 0.3) is 5.91 Å². The smallest absolute Gasteiger partial charge is 0.271 e. The number of amides is 1. The molecule has 2 aliphatic rings. The van der Waals surface area contributed by atoms with Gasteiger partial charge < -0.3 is 14.0 Å². The van der Waals surface area contributed by atoms with Crippen molar-refractivity contribution in [2.45, 2.75) is 57.7 Å². The summed E-state index contributed by atoms with van der Waals surface area (Å²) in [6.07, 6.45) is 6.97. The van der Waals surface area contributed by atoms with Crippen LogP contribution < -0.4 is 0 Å². The van der Waals surface area contributed by atoms with Crippen molar-refractivity contribution in [3.05, 3.63) is 71.6 Å². The zero-order valence-corrected chi connectivity index (χ0v) is 16.9. The summed E-state index contributed by atoms with van der Waals surface area (Å²) < 4.78 is 4.31. The molecule has 0 spiro atoms. The van der Waals surface area contributed by atoms with Crippen LogP contribution in [0.25, 0.3) is 0 Å². The Bertz CT molecular complexity index is 999. The van der Waals surface area contributed by atoms with E-state index in [1.807, 2.05) is 46.0 Å². The van der Waals surface area contributed by atoms with Gasteiger partial charge in [-0.2, -0.15) is 0 Å². The summed E-state index contributed by atoms with van der Waals surface area (Å²) in [5, 5.41) is 9.03. The fourth-order valence-corrected chi connectivity index (χ4v) is 4.84. The van der Waals surface area contributed by atoms with E-state index in [0.717, 1.165) is 23.9 Å². The second-order valence-corrected chi connectivity index (χ2v) is 8.23. The molecular weight excluding hydrogens is 362 g/mol. The number of hydrogen-bond acceptors (Lipinski definition) is 3. The molecule has 150 valence electrons. The Morgan fingerprint density at radius 3 is 2.55 bits per heavy atom. The molecule has 6 heteroatoms. The van der Waals surface area contributed by atoms with Gasteiger partial charge in [0.15, 0.2) is 5.82 Å². The average molecular weight is 390 g/mol. The van der Waals surface area contributed by atoms with Gasteiger partial charge in [0.2, 0.25) is 0 Å². The van der Waals surface area contributed by atoms with Gasteiger partial charge >= 0.3 is 0 Å². The Hall–Kier alpha value is -2.89. The van der Waals surface area contributed by atoms with Crippen LogP contribution in [0.3, 0.4) is 0 Å². The lowest BCUT2D eigenvalue weighted by atomic mass is 10.1. The van der Waals surface area contributed by atoms with Gasteiger partial charge in [-0.25, -0.2) is 0 Å². The minimum atomic E-state index is -0.0704. The number of benzene rings is 1. The summed E-state index contributed by atoms with van der Waals surface area (Å²) in [6, 6.07) is 14.0. The molecule has 0 saturated heterocycles. The molecule has 1 aliphatic carbocycles. The lowest BCUT2D eigenvalue weighted by Crippen LogP contribution is -2.42. The number of carbonyl (C=O) groups is 1. The van der Waals surface area contributed by atoms with Gasteiger partial charge in [-0.15, -0.1) is 10.2 Å². The Kier molecular flexibility index (Phi) is 4.70. The molecule has 1 saturated carbocycles. The Morgan fingerprint density at radius 1 is 1.00 bits per heavy atom. The predicted molar refractivity (Wildman–Crippen MR) is 111 cm³/mol. The van der Waals surface area contributed by atoms with Crippen molar-refractivity contribution < 1.29 is 4.79 Å².